The van der Waals surface area contributed by atoms with Crippen LogP contribution in [0.15, 0.2) is 23.3 Å². The van der Waals surface area contributed by atoms with Gasteiger partial charge in [-0.3, -0.25) is 10.2 Å². The number of hydrazone groups is 1. The van der Waals surface area contributed by atoms with Gasteiger partial charge in [0.05, 0.1) is 30.0 Å². The standard InChI is InChI=1S/C17H21N3O3S/c1-5-22-14-8-7-13(9-15(14)23-6-2)10-18-20-17-19-11(3)16(24-17)12(4)21/h7-10H,5-6H2,1-4H3,(H,19,20)/b18-10-. The third-order valence-electron chi connectivity index (χ3n) is 3.06. The van der Waals surface area contributed by atoms with Crippen molar-refractivity contribution in [3.63, 3.8) is 0 Å². The molecule has 128 valence electrons. The van der Waals surface area contributed by atoms with Crippen LogP contribution in [0.3, 0.4) is 0 Å². The summed E-state index contributed by atoms with van der Waals surface area (Å²) in [6.45, 7) is 8.34. The zero-order chi connectivity index (χ0) is 17.5. The highest BCUT2D eigenvalue weighted by atomic mass is 32.1. The molecule has 2 rings (SSSR count). The molecule has 0 saturated carbocycles. The summed E-state index contributed by atoms with van der Waals surface area (Å²) in [6.07, 6.45) is 1.67. The van der Waals surface area contributed by atoms with E-state index < -0.39 is 0 Å². The molecule has 6 nitrogen and oxygen atoms in total. The smallest absolute Gasteiger partial charge is 0.204 e. The topological polar surface area (TPSA) is 72.8 Å². The van der Waals surface area contributed by atoms with E-state index in [1.807, 2.05) is 39.0 Å². The van der Waals surface area contributed by atoms with Gasteiger partial charge >= 0.3 is 0 Å². The number of aromatic nitrogens is 1. The van der Waals surface area contributed by atoms with Crippen LogP contribution in [0.5, 0.6) is 11.5 Å². The molecule has 2 aromatic rings. The van der Waals surface area contributed by atoms with E-state index in [1.165, 1.54) is 18.3 Å². The summed E-state index contributed by atoms with van der Waals surface area (Å²) in [4.78, 5) is 16.4. The summed E-state index contributed by atoms with van der Waals surface area (Å²) in [5.74, 6) is 1.41. The molecule has 1 heterocycles. The fraction of sp³-hybridized carbons (Fsp3) is 0.353. The summed E-state index contributed by atoms with van der Waals surface area (Å²) in [5.41, 5.74) is 4.44. The quantitative estimate of drug-likeness (QED) is 0.445. The minimum Gasteiger partial charge on any atom is -0.490 e. The highest BCUT2D eigenvalue weighted by Gasteiger charge is 2.10. The van der Waals surface area contributed by atoms with Gasteiger partial charge in [-0.05, 0) is 44.5 Å². The number of carbonyl (C=O) groups excluding carboxylic acids is 1. The minimum absolute atomic E-state index is 0.00917. The van der Waals surface area contributed by atoms with Crippen LogP contribution in [0.4, 0.5) is 5.13 Å². The van der Waals surface area contributed by atoms with Gasteiger partial charge in [0, 0.05) is 6.92 Å². The van der Waals surface area contributed by atoms with Crippen molar-refractivity contribution >= 4 is 28.5 Å². The van der Waals surface area contributed by atoms with E-state index in [0.717, 1.165) is 5.56 Å². The van der Waals surface area contributed by atoms with Gasteiger partial charge in [0.2, 0.25) is 5.13 Å². The second kappa shape index (κ2) is 8.44. The Balaban J connectivity index is 2.09. The van der Waals surface area contributed by atoms with Crippen LogP contribution < -0.4 is 14.9 Å². The number of ether oxygens (including phenoxy) is 2. The molecule has 1 aromatic carbocycles. The lowest BCUT2D eigenvalue weighted by Crippen LogP contribution is -1.99. The number of carbonyl (C=O) groups is 1. The van der Waals surface area contributed by atoms with E-state index in [1.54, 1.807) is 6.21 Å². The SMILES string of the molecule is CCOc1ccc(/C=N\Nc2nc(C)c(C(C)=O)s2)cc1OCC. The van der Waals surface area contributed by atoms with Crippen molar-refractivity contribution in [2.75, 3.05) is 18.6 Å². The number of aryl methyl sites for hydroxylation is 1. The molecule has 0 aliphatic heterocycles. The average molecular weight is 347 g/mol. The fourth-order valence-corrected chi connectivity index (χ4v) is 2.89. The van der Waals surface area contributed by atoms with E-state index in [2.05, 4.69) is 15.5 Å². The van der Waals surface area contributed by atoms with Gasteiger partial charge in [-0.15, -0.1) is 0 Å². The molecule has 1 aromatic heterocycles. The van der Waals surface area contributed by atoms with E-state index in [9.17, 15) is 4.79 Å². The maximum atomic E-state index is 11.4. The highest BCUT2D eigenvalue weighted by molar-refractivity contribution is 7.17. The summed E-state index contributed by atoms with van der Waals surface area (Å²) < 4.78 is 11.1. The average Bonchev–Trinajstić information content (AvgIpc) is 2.91. The van der Waals surface area contributed by atoms with E-state index in [4.69, 9.17) is 9.47 Å². The van der Waals surface area contributed by atoms with Gasteiger partial charge in [0.25, 0.3) is 0 Å². The Morgan fingerprint density at radius 1 is 1.29 bits per heavy atom. The number of hydrogen-bond acceptors (Lipinski definition) is 7. The van der Waals surface area contributed by atoms with Crippen molar-refractivity contribution in [1.29, 1.82) is 0 Å². The van der Waals surface area contributed by atoms with Gasteiger partial charge in [0.15, 0.2) is 17.3 Å². The lowest BCUT2D eigenvalue weighted by Gasteiger charge is -2.11. The molecule has 0 unspecified atom stereocenters. The van der Waals surface area contributed by atoms with Crippen LogP contribution in [-0.2, 0) is 0 Å². The first-order valence-corrected chi connectivity index (χ1v) is 8.53. The molecular formula is C17H21N3O3S. The Bertz CT molecular complexity index is 741. The predicted molar refractivity (Wildman–Crippen MR) is 96.9 cm³/mol. The van der Waals surface area contributed by atoms with Gasteiger partial charge in [-0.2, -0.15) is 5.10 Å². The van der Waals surface area contributed by atoms with Crippen LogP contribution in [0.25, 0.3) is 0 Å². The molecule has 7 heteroatoms. The largest absolute Gasteiger partial charge is 0.490 e. The lowest BCUT2D eigenvalue weighted by atomic mass is 10.2. The summed E-state index contributed by atoms with van der Waals surface area (Å²) in [7, 11) is 0. The van der Waals surface area contributed by atoms with Crippen LogP contribution >= 0.6 is 11.3 Å². The third-order valence-corrected chi connectivity index (χ3v) is 4.22. The van der Waals surface area contributed by atoms with E-state index >= 15 is 0 Å². The number of anilines is 1. The third kappa shape index (κ3) is 4.55. The zero-order valence-electron chi connectivity index (χ0n) is 14.3. The lowest BCUT2D eigenvalue weighted by molar-refractivity contribution is 0.102. The van der Waals surface area contributed by atoms with Crippen molar-refractivity contribution in [3.8, 4) is 11.5 Å². The number of nitrogens with one attached hydrogen (secondary N) is 1. The van der Waals surface area contributed by atoms with Crippen molar-refractivity contribution in [3.05, 3.63) is 34.3 Å². The number of benzene rings is 1. The van der Waals surface area contributed by atoms with Crippen LogP contribution in [0.1, 0.15) is 41.7 Å². The molecule has 0 spiro atoms. The molecule has 24 heavy (non-hydrogen) atoms. The number of Topliss-reactive ketones (excluding diaryl/α,β-unsaturated/α-hetero) is 1. The maximum Gasteiger partial charge on any atom is 0.204 e. The molecule has 0 radical (unpaired) electrons. The molecule has 0 bridgehead atoms. The van der Waals surface area contributed by atoms with Crippen LogP contribution in [0.2, 0.25) is 0 Å². The van der Waals surface area contributed by atoms with Crippen LogP contribution in [0, 0.1) is 6.92 Å². The number of nitrogens with zero attached hydrogens (tertiary/aromatic N) is 2. The Morgan fingerprint density at radius 2 is 2.00 bits per heavy atom. The number of rotatable bonds is 8. The number of thiazole rings is 1. The van der Waals surface area contributed by atoms with Crippen LogP contribution in [-0.4, -0.2) is 30.2 Å². The van der Waals surface area contributed by atoms with Gasteiger partial charge in [-0.25, -0.2) is 4.98 Å². The predicted octanol–water partition coefficient (Wildman–Crippen LogP) is 3.90. The summed E-state index contributed by atoms with van der Waals surface area (Å²) >= 11 is 1.29. The molecule has 0 aliphatic carbocycles. The Labute approximate surface area is 145 Å². The van der Waals surface area contributed by atoms with Crippen molar-refractivity contribution in [1.82, 2.24) is 4.98 Å². The summed E-state index contributed by atoms with van der Waals surface area (Å²) in [5, 5.41) is 4.76. The maximum absolute atomic E-state index is 11.4. The number of hydrogen-bond donors (Lipinski definition) is 1. The molecule has 0 fully saturated rings. The Morgan fingerprint density at radius 3 is 2.62 bits per heavy atom. The van der Waals surface area contributed by atoms with Crippen molar-refractivity contribution in [2.45, 2.75) is 27.7 Å². The molecule has 0 saturated heterocycles. The summed E-state index contributed by atoms with van der Waals surface area (Å²) in [6, 6.07) is 5.62. The molecule has 0 atom stereocenters. The first-order valence-electron chi connectivity index (χ1n) is 7.72. The first kappa shape index (κ1) is 17.9. The Kier molecular flexibility index (Phi) is 6.31. The van der Waals surface area contributed by atoms with E-state index in [-0.39, 0.29) is 5.78 Å². The number of ketones is 1. The molecule has 1 N–H and O–H groups in total. The van der Waals surface area contributed by atoms with Gasteiger partial charge in [-0.1, -0.05) is 11.3 Å². The first-order chi connectivity index (χ1) is 11.5. The highest BCUT2D eigenvalue weighted by Crippen LogP contribution is 2.28. The normalized spacial score (nSPS) is 10.8. The molecule has 0 amide bonds. The Hall–Kier alpha value is -2.41. The van der Waals surface area contributed by atoms with E-state index in [0.29, 0.717) is 40.4 Å². The second-order valence-electron chi connectivity index (χ2n) is 4.93. The zero-order valence-corrected chi connectivity index (χ0v) is 15.1. The van der Waals surface area contributed by atoms with Gasteiger partial charge < -0.3 is 9.47 Å². The monoisotopic (exact) mass is 347 g/mol. The fourth-order valence-electron chi connectivity index (χ4n) is 2.08. The molecule has 0 aliphatic rings. The van der Waals surface area contributed by atoms with Gasteiger partial charge in [0.1, 0.15) is 0 Å². The van der Waals surface area contributed by atoms with Crippen molar-refractivity contribution in [2.24, 2.45) is 5.10 Å². The minimum atomic E-state index is 0.00917. The van der Waals surface area contributed by atoms with Crippen molar-refractivity contribution < 1.29 is 14.3 Å². The second-order valence-corrected chi connectivity index (χ2v) is 5.93. The molecular weight excluding hydrogens is 326 g/mol.